The van der Waals surface area contributed by atoms with Crippen LogP contribution in [0.2, 0.25) is 0 Å². The van der Waals surface area contributed by atoms with Crippen LogP contribution in [0.3, 0.4) is 0 Å². The quantitative estimate of drug-likeness (QED) is 0.378. The lowest BCUT2D eigenvalue weighted by atomic mass is 10.1. The predicted molar refractivity (Wildman–Crippen MR) is 126 cm³/mol. The van der Waals surface area contributed by atoms with Crippen LogP contribution in [0.5, 0.6) is 0 Å². The van der Waals surface area contributed by atoms with Crippen LogP contribution in [0.25, 0.3) is 16.6 Å². The maximum absolute atomic E-state index is 13.0. The number of aryl methyl sites for hydroxylation is 1. The monoisotopic (exact) mass is 471 g/mol. The van der Waals surface area contributed by atoms with Crippen LogP contribution < -0.4 is 4.90 Å². The molecule has 4 aromatic rings. The summed E-state index contributed by atoms with van der Waals surface area (Å²) in [6.07, 6.45) is -4.31. The van der Waals surface area contributed by atoms with Gasteiger partial charge in [-0.1, -0.05) is 36.0 Å². The number of rotatable bonds is 5. The molecule has 33 heavy (non-hydrogen) atoms. The third-order valence-electron chi connectivity index (χ3n) is 6.09. The van der Waals surface area contributed by atoms with E-state index in [1.54, 1.807) is 17.8 Å². The summed E-state index contributed by atoms with van der Waals surface area (Å²) in [6.45, 7) is 6.00. The Labute approximate surface area is 194 Å². The highest BCUT2D eigenvalue weighted by Crippen LogP contribution is 2.32. The summed E-state index contributed by atoms with van der Waals surface area (Å²) >= 11 is 1.68. The summed E-state index contributed by atoms with van der Waals surface area (Å²) in [5.41, 5.74) is 3.11. The van der Waals surface area contributed by atoms with Crippen molar-refractivity contribution in [1.29, 1.82) is 0 Å². The molecule has 0 radical (unpaired) electrons. The number of aromatic nitrogens is 3. The lowest BCUT2D eigenvalue weighted by Gasteiger charge is -2.36. The zero-order valence-corrected chi connectivity index (χ0v) is 19.0. The summed E-state index contributed by atoms with van der Waals surface area (Å²) in [5, 5.41) is 10.9. The molecule has 1 aliphatic heterocycles. The highest BCUT2D eigenvalue weighted by Gasteiger charge is 2.31. The molecular weight excluding hydrogens is 447 g/mol. The molecule has 0 spiro atoms. The number of hydrogen-bond donors (Lipinski definition) is 0. The Morgan fingerprint density at radius 3 is 2.52 bits per heavy atom. The van der Waals surface area contributed by atoms with E-state index in [0.717, 1.165) is 58.7 Å². The lowest BCUT2D eigenvalue weighted by molar-refractivity contribution is -0.137. The molecule has 9 heteroatoms. The van der Waals surface area contributed by atoms with Crippen molar-refractivity contribution in [2.75, 3.05) is 43.4 Å². The zero-order valence-electron chi connectivity index (χ0n) is 18.2. The third-order valence-corrected chi connectivity index (χ3v) is 6.99. The molecule has 0 atom stereocenters. The van der Waals surface area contributed by atoms with Gasteiger partial charge in [0.05, 0.1) is 11.1 Å². The number of para-hydroxylation sites is 1. The van der Waals surface area contributed by atoms with Gasteiger partial charge < -0.3 is 4.90 Å². The first-order valence-corrected chi connectivity index (χ1v) is 11.9. The standard InChI is InChI=1S/C24H24F3N5S/c1-17-15-18-5-2-3-8-21(18)32-22(17)28-29-23(32)33-14-13-30-9-11-31(12-10-30)20-7-4-6-19(16-20)24(25,26)27/h2-8,15-16H,9-14H2,1H3. The molecule has 172 valence electrons. The van der Waals surface area contributed by atoms with Gasteiger partial charge in [0.15, 0.2) is 10.8 Å². The summed E-state index contributed by atoms with van der Waals surface area (Å²) in [5.74, 6) is 0.868. The second-order valence-electron chi connectivity index (χ2n) is 8.25. The maximum Gasteiger partial charge on any atom is 0.416 e. The fourth-order valence-electron chi connectivity index (χ4n) is 4.32. The number of alkyl halides is 3. The zero-order chi connectivity index (χ0) is 23.0. The first-order valence-electron chi connectivity index (χ1n) is 10.9. The van der Waals surface area contributed by atoms with Gasteiger partial charge in [-0.25, -0.2) is 0 Å². The fourth-order valence-corrected chi connectivity index (χ4v) is 5.27. The van der Waals surface area contributed by atoms with E-state index in [4.69, 9.17) is 0 Å². The van der Waals surface area contributed by atoms with E-state index in [2.05, 4.69) is 44.6 Å². The Bertz CT molecular complexity index is 1280. The summed E-state index contributed by atoms with van der Waals surface area (Å²) in [4.78, 5) is 4.38. The van der Waals surface area contributed by atoms with E-state index in [-0.39, 0.29) is 0 Å². The lowest BCUT2D eigenvalue weighted by Crippen LogP contribution is -2.47. The molecular formula is C24H24F3N5S. The molecule has 1 aliphatic rings. The Morgan fingerprint density at radius 2 is 1.73 bits per heavy atom. The number of halogens is 3. The highest BCUT2D eigenvalue weighted by atomic mass is 32.2. The van der Waals surface area contributed by atoms with Gasteiger partial charge in [0.2, 0.25) is 0 Å². The van der Waals surface area contributed by atoms with Gasteiger partial charge in [-0.15, -0.1) is 10.2 Å². The Morgan fingerprint density at radius 1 is 0.939 bits per heavy atom. The van der Waals surface area contributed by atoms with Crippen molar-refractivity contribution in [2.45, 2.75) is 18.3 Å². The van der Waals surface area contributed by atoms with Gasteiger partial charge in [0.25, 0.3) is 0 Å². The molecule has 0 unspecified atom stereocenters. The number of nitrogens with zero attached hydrogens (tertiary/aromatic N) is 5. The average molecular weight is 472 g/mol. The van der Waals surface area contributed by atoms with E-state index >= 15 is 0 Å². The van der Waals surface area contributed by atoms with Gasteiger partial charge in [-0.05, 0) is 48.2 Å². The summed E-state index contributed by atoms with van der Waals surface area (Å²) < 4.78 is 41.2. The SMILES string of the molecule is Cc1cc2ccccc2n2c(SCCN3CCN(c4cccc(C(F)(F)F)c4)CC3)nnc12. The van der Waals surface area contributed by atoms with Crippen LogP contribution in [-0.2, 0) is 6.18 Å². The number of fused-ring (bicyclic) bond motifs is 3. The second-order valence-corrected chi connectivity index (χ2v) is 9.32. The van der Waals surface area contributed by atoms with Crippen molar-refractivity contribution < 1.29 is 13.2 Å². The van der Waals surface area contributed by atoms with E-state index in [9.17, 15) is 13.2 Å². The summed E-state index contributed by atoms with van der Waals surface area (Å²) in [6, 6.07) is 16.0. The van der Waals surface area contributed by atoms with Gasteiger partial charge in [-0.2, -0.15) is 13.2 Å². The van der Waals surface area contributed by atoms with Crippen LogP contribution >= 0.6 is 11.8 Å². The minimum Gasteiger partial charge on any atom is -0.369 e. The molecule has 1 fully saturated rings. The number of pyridine rings is 1. The van der Waals surface area contributed by atoms with Crippen molar-refractivity contribution in [3.63, 3.8) is 0 Å². The molecule has 2 aromatic carbocycles. The van der Waals surface area contributed by atoms with Crippen LogP contribution in [0, 0.1) is 6.92 Å². The Hall–Kier alpha value is -2.78. The Kier molecular flexibility index (Phi) is 5.92. The minimum atomic E-state index is -4.31. The molecule has 1 saturated heterocycles. The maximum atomic E-state index is 13.0. The first-order chi connectivity index (χ1) is 15.9. The fraction of sp³-hybridized carbons (Fsp3) is 0.333. The molecule has 2 aromatic heterocycles. The third kappa shape index (κ3) is 4.52. The Balaban J connectivity index is 1.20. The topological polar surface area (TPSA) is 36.7 Å². The number of benzene rings is 2. The van der Waals surface area contributed by atoms with Crippen LogP contribution in [-0.4, -0.2) is 58.0 Å². The van der Waals surface area contributed by atoms with Gasteiger partial charge in [0.1, 0.15) is 0 Å². The number of thioether (sulfide) groups is 1. The van der Waals surface area contributed by atoms with E-state index in [1.807, 2.05) is 17.0 Å². The predicted octanol–water partition coefficient (Wildman–Crippen LogP) is 5.12. The van der Waals surface area contributed by atoms with Crippen molar-refractivity contribution >= 4 is 34.0 Å². The van der Waals surface area contributed by atoms with Gasteiger partial charge >= 0.3 is 6.18 Å². The molecule has 0 N–H and O–H groups in total. The van der Waals surface area contributed by atoms with Gasteiger partial charge in [0, 0.05) is 44.2 Å². The van der Waals surface area contributed by atoms with E-state index in [1.165, 1.54) is 12.1 Å². The highest BCUT2D eigenvalue weighted by molar-refractivity contribution is 7.99. The van der Waals surface area contributed by atoms with Crippen LogP contribution in [0.1, 0.15) is 11.1 Å². The van der Waals surface area contributed by atoms with Crippen molar-refractivity contribution in [3.8, 4) is 0 Å². The largest absolute Gasteiger partial charge is 0.416 e. The molecule has 0 amide bonds. The smallest absolute Gasteiger partial charge is 0.369 e. The number of piperazine rings is 1. The second kappa shape index (κ2) is 8.87. The molecule has 0 bridgehead atoms. The first kappa shape index (κ1) is 22.0. The van der Waals surface area contributed by atoms with Crippen LogP contribution in [0.15, 0.2) is 59.8 Å². The normalized spacial score (nSPS) is 15.6. The average Bonchev–Trinajstić information content (AvgIpc) is 3.24. The number of hydrogen-bond acceptors (Lipinski definition) is 5. The van der Waals surface area contributed by atoms with Crippen molar-refractivity contribution in [2.24, 2.45) is 0 Å². The van der Waals surface area contributed by atoms with Crippen LogP contribution in [0.4, 0.5) is 18.9 Å². The molecule has 0 saturated carbocycles. The number of anilines is 1. The van der Waals surface area contributed by atoms with E-state index < -0.39 is 11.7 Å². The van der Waals surface area contributed by atoms with Crippen molar-refractivity contribution in [3.05, 3.63) is 65.7 Å². The van der Waals surface area contributed by atoms with Gasteiger partial charge in [-0.3, -0.25) is 9.30 Å². The minimum absolute atomic E-state index is 0.595. The van der Waals surface area contributed by atoms with E-state index in [0.29, 0.717) is 18.8 Å². The molecule has 3 heterocycles. The molecule has 0 aliphatic carbocycles. The molecule has 5 rings (SSSR count). The van der Waals surface area contributed by atoms with Crippen molar-refractivity contribution in [1.82, 2.24) is 19.5 Å². The summed E-state index contributed by atoms with van der Waals surface area (Å²) in [7, 11) is 0. The molecule has 5 nitrogen and oxygen atoms in total.